The minimum atomic E-state index is -0.558. The molecule has 0 spiro atoms. The molecule has 0 fully saturated rings. The lowest BCUT2D eigenvalue weighted by Crippen LogP contribution is -2.18. The number of pyridine rings is 1. The Morgan fingerprint density at radius 3 is 2.70 bits per heavy atom. The van der Waals surface area contributed by atoms with E-state index in [1.165, 1.54) is 4.68 Å². The maximum Gasteiger partial charge on any atom is 0.287 e. The van der Waals surface area contributed by atoms with Gasteiger partial charge in [-0.15, -0.1) is 5.10 Å². The molecule has 23 heavy (non-hydrogen) atoms. The first kappa shape index (κ1) is 15.8. The molecule has 1 aromatic carbocycles. The lowest BCUT2D eigenvalue weighted by Gasteiger charge is -2.09. The molecule has 1 atom stereocenters. The summed E-state index contributed by atoms with van der Waals surface area (Å²) in [7, 11) is 0. The van der Waals surface area contributed by atoms with Crippen LogP contribution in [0.2, 0.25) is 0 Å². The van der Waals surface area contributed by atoms with E-state index in [4.69, 9.17) is 16.6 Å². The minimum absolute atomic E-state index is 0.0837. The minimum Gasteiger partial charge on any atom is -0.409 e. The topological polar surface area (TPSA) is 60.9 Å². The van der Waals surface area contributed by atoms with E-state index in [0.29, 0.717) is 17.0 Å². The van der Waals surface area contributed by atoms with Crippen molar-refractivity contribution in [2.45, 2.75) is 13.0 Å². The van der Waals surface area contributed by atoms with E-state index in [0.717, 1.165) is 4.47 Å². The van der Waals surface area contributed by atoms with Crippen molar-refractivity contribution >= 4 is 33.9 Å². The third-order valence-electron chi connectivity index (χ3n) is 3.35. The number of ketones is 1. The lowest BCUT2D eigenvalue weighted by molar-refractivity contribution is 0.0925. The second kappa shape index (κ2) is 6.55. The Morgan fingerprint density at radius 2 is 2.04 bits per heavy atom. The smallest absolute Gasteiger partial charge is 0.287 e. The number of halogens is 1. The zero-order valence-corrected chi connectivity index (χ0v) is 14.5. The molecule has 0 saturated carbocycles. The van der Waals surface area contributed by atoms with E-state index in [2.05, 4.69) is 26.0 Å². The highest BCUT2D eigenvalue weighted by Gasteiger charge is 2.21. The van der Waals surface area contributed by atoms with Crippen LogP contribution in [0.1, 0.15) is 23.3 Å². The third-order valence-corrected chi connectivity index (χ3v) is 4.15. The molecule has 3 aromatic rings. The summed E-state index contributed by atoms with van der Waals surface area (Å²) >= 11 is 8.54. The van der Waals surface area contributed by atoms with Gasteiger partial charge in [-0.3, -0.25) is 9.78 Å². The Kier molecular flexibility index (Phi) is 4.49. The van der Waals surface area contributed by atoms with Crippen molar-refractivity contribution in [3.05, 3.63) is 63.7 Å². The third kappa shape index (κ3) is 3.30. The van der Waals surface area contributed by atoms with Crippen molar-refractivity contribution < 1.29 is 9.21 Å². The standard InChI is InChI=1S/C16H12BrN3O2S/c1-10(14(21)11-4-6-13(17)7-5-11)20-16(23)22-15(19-20)12-3-2-8-18-9-12/h2-10H,1H3. The van der Waals surface area contributed by atoms with Crippen LogP contribution in [0.25, 0.3) is 11.5 Å². The van der Waals surface area contributed by atoms with Gasteiger partial charge in [0.25, 0.3) is 4.84 Å². The van der Waals surface area contributed by atoms with Gasteiger partial charge in [-0.25, -0.2) is 4.68 Å². The van der Waals surface area contributed by atoms with Crippen molar-refractivity contribution in [1.29, 1.82) is 0 Å². The van der Waals surface area contributed by atoms with Crippen molar-refractivity contribution in [3.63, 3.8) is 0 Å². The quantitative estimate of drug-likeness (QED) is 0.486. The van der Waals surface area contributed by atoms with Crippen LogP contribution in [0.4, 0.5) is 0 Å². The predicted molar refractivity (Wildman–Crippen MR) is 91.7 cm³/mol. The zero-order chi connectivity index (χ0) is 16.4. The Labute approximate surface area is 146 Å². The second-order valence-electron chi connectivity index (χ2n) is 4.91. The molecule has 0 aliphatic rings. The predicted octanol–water partition coefficient (Wildman–Crippen LogP) is 4.47. The molecule has 0 saturated heterocycles. The molecule has 0 amide bonds. The Hall–Kier alpha value is -2.12. The summed E-state index contributed by atoms with van der Waals surface area (Å²) in [6, 6.07) is 10.2. The molecular weight excluding hydrogens is 378 g/mol. The molecule has 0 bridgehead atoms. The highest BCUT2D eigenvalue weighted by molar-refractivity contribution is 9.10. The first-order valence-corrected chi connectivity index (χ1v) is 8.06. The molecule has 0 aliphatic carbocycles. The van der Waals surface area contributed by atoms with Crippen molar-refractivity contribution in [1.82, 2.24) is 14.8 Å². The van der Waals surface area contributed by atoms with Crippen LogP contribution in [0.5, 0.6) is 0 Å². The number of nitrogens with zero attached hydrogens (tertiary/aromatic N) is 3. The zero-order valence-electron chi connectivity index (χ0n) is 12.1. The molecule has 2 heterocycles. The fourth-order valence-corrected chi connectivity index (χ4v) is 2.65. The number of aromatic nitrogens is 3. The van der Waals surface area contributed by atoms with Crippen LogP contribution in [0, 0.1) is 4.84 Å². The van der Waals surface area contributed by atoms with Gasteiger partial charge in [0.2, 0.25) is 5.89 Å². The van der Waals surface area contributed by atoms with E-state index < -0.39 is 6.04 Å². The Morgan fingerprint density at radius 1 is 1.30 bits per heavy atom. The van der Waals surface area contributed by atoms with Gasteiger partial charge in [-0.05, 0) is 43.4 Å². The normalized spacial score (nSPS) is 12.1. The lowest BCUT2D eigenvalue weighted by atomic mass is 10.1. The number of carbonyl (C=O) groups excluding carboxylic acids is 1. The molecule has 5 nitrogen and oxygen atoms in total. The van der Waals surface area contributed by atoms with Crippen LogP contribution < -0.4 is 0 Å². The van der Waals surface area contributed by atoms with Gasteiger partial charge >= 0.3 is 0 Å². The number of benzene rings is 1. The summed E-state index contributed by atoms with van der Waals surface area (Å²) in [4.78, 5) is 16.8. The molecular formula is C16H12BrN3O2S. The Balaban J connectivity index is 1.92. The summed E-state index contributed by atoms with van der Waals surface area (Å²) in [6.07, 6.45) is 3.29. The largest absolute Gasteiger partial charge is 0.409 e. The van der Waals surface area contributed by atoms with Gasteiger partial charge < -0.3 is 4.42 Å². The summed E-state index contributed by atoms with van der Waals surface area (Å²) in [6.45, 7) is 1.75. The van der Waals surface area contributed by atoms with Crippen molar-refractivity contribution in [2.24, 2.45) is 0 Å². The van der Waals surface area contributed by atoms with E-state index in [1.807, 2.05) is 18.2 Å². The van der Waals surface area contributed by atoms with Gasteiger partial charge in [-0.1, -0.05) is 28.1 Å². The maximum absolute atomic E-state index is 12.6. The van der Waals surface area contributed by atoms with Gasteiger partial charge in [0.1, 0.15) is 6.04 Å². The SMILES string of the molecule is CC(C(=O)c1ccc(Br)cc1)n1nc(-c2cccnc2)oc1=S. The van der Waals surface area contributed by atoms with Gasteiger partial charge in [-0.2, -0.15) is 0 Å². The number of rotatable bonds is 4. The van der Waals surface area contributed by atoms with Crippen LogP contribution in [0.3, 0.4) is 0 Å². The van der Waals surface area contributed by atoms with E-state index >= 15 is 0 Å². The van der Waals surface area contributed by atoms with Crippen molar-refractivity contribution in [2.75, 3.05) is 0 Å². The molecule has 3 rings (SSSR count). The molecule has 0 N–H and O–H groups in total. The van der Waals surface area contributed by atoms with Crippen LogP contribution >= 0.6 is 28.1 Å². The van der Waals surface area contributed by atoms with Crippen molar-refractivity contribution in [3.8, 4) is 11.5 Å². The summed E-state index contributed by atoms with van der Waals surface area (Å²) in [5, 5.41) is 4.32. The first-order chi connectivity index (χ1) is 11.1. The van der Waals surface area contributed by atoms with Gasteiger partial charge in [0.15, 0.2) is 5.78 Å². The van der Waals surface area contributed by atoms with E-state index in [1.54, 1.807) is 37.5 Å². The Bertz CT molecular complexity index is 888. The monoisotopic (exact) mass is 389 g/mol. The molecule has 1 unspecified atom stereocenters. The first-order valence-electron chi connectivity index (χ1n) is 6.86. The highest BCUT2D eigenvalue weighted by atomic mass is 79.9. The number of Topliss-reactive ketones (excluding diaryl/α,β-unsaturated/α-hetero) is 1. The van der Waals surface area contributed by atoms with Gasteiger partial charge in [0, 0.05) is 22.4 Å². The van der Waals surface area contributed by atoms with Crippen LogP contribution in [0.15, 0.2) is 57.7 Å². The molecule has 116 valence electrons. The van der Waals surface area contributed by atoms with Crippen LogP contribution in [-0.4, -0.2) is 20.5 Å². The highest BCUT2D eigenvalue weighted by Crippen LogP contribution is 2.21. The maximum atomic E-state index is 12.6. The molecule has 0 radical (unpaired) electrons. The summed E-state index contributed by atoms with van der Waals surface area (Å²) < 4.78 is 7.83. The average molecular weight is 390 g/mol. The molecule has 0 aliphatic heterocycles. The fraction of sp³-hybridized carbons (Fsp3) is 0.125. The summed E-state index contributed by atoms with van der Waals surface area (Å²) in [5.74, 6) is 0.262. The number of hydrogen-bond donors (Lipinski definition) is 0. The van der Waals surface area contributed by atoms with Gasteiger partial charge in [0.05, 0.1) is 5.56 Å². The fourth-order valence-electron chi connectivity index (χ4n) is 2.11. The number of hydrogen-bond acceptors (Lipinski definition) is 5. The molecule has 2 aromatic heterocycles. The van der Waals surface area contributed by atoms with Crippen LogP contribution in [-0.2, 0) is 0 Å². The van der Waals surface area contributed by atoms with E-state index in [9.17, 15) is 4.79 Å². The van der Waals surface area contributed by atoms with E-state index in [-0.39, 0.29) is 10.6 Å². The average Bonchev–Trinajstić information content (AvgIpc) is 2.97. The number of carbonyl (C=O) groups is 1. The molecule has 7 heteroatoms. The summed E-state index contributed by atoms with van der Waals surface area (Å²) in [5.41, 5.74) is 1.30. The second-order valence-corrected chi connectivity index (χ2v) is 6.17.